The molecule has 1 saturated carbocycles. The number of ether oxygens (including phenoxy) is 1. The standard InChI is InChI=1S/C27H30N4O4/c1-27(2,3)26-30-25(35-31-26)21(32)13-19-5-4-12-34-22-14-17(8-9-20(19)22)18-10-11-28-23(15-18)29-24(33)16-6-7-16/h8-11,14-16,19H,4-7,12-13H2,1-3H3,(H,28,29,33). The molecule has 1 atom stereocenters. The van der Waals surface area contributed by atoms with Crippen LogP contribution < -0.4 is 10.1 Å². The molecular formula is C27H30N4O4. The number of hydrogen-bond donors (Lipinski definition) is 1. The van der Waals surface area contributed by atoms with Crippen LogP contribution in [-0.2, 0) is 10.2 Å². The molecule has 0 saturated heterocycles. The molecule has 35 heavy (non-hydrogen) atoms. The summed E-state index contributed by atoms with van der Waals surface area (Å²) in [5.41, 5.74) is 2.63. The summed E-state index contributed by atoms with van der Waals surface area (Å²) in [4.78, 5) is 33.7. The monoisotopic (exact) mass is 474 g/mol. The Kier molecular flexibility index (Phi) is 6.13. The Labute approximate surface area is 204 Å². The van der Waals surface area contributed by atoms with Crippen molar-refractivity contribution in [1.82, 2.24) is 15.1 Å². The number of ketones is 1. The zero-order valence-corrected chi connectivity index (χ0v) is 20.3. The first kappa shape index (κ1) is 23.2. The SMILES string of the molecule is CC(C)(C)c1noc(C(=O)CC2CCCOc3cc(-c4ccnc(NC(=O)C5CC5)c4)ccc32)n1. The fourth-order valence-corrected chi connectivity index (χ4v) is 4.26. The lowest BCUT2D eigenvalue weighted by molar-refractivity contribution is -0.117. The second-order valence-electron chi connectivity index (χ2n) is 10.4. The maximum atomic E-state index is 13.0. The number of hydrogen-bond acceptors (Lipinski definition) is 7. The maximum Gasteiger partial charge on any atom is 0.294 e. The van der Waals surface area contributed by atoms with Gasteiger partial charge in [0.15, 0.2) is 5.82 Å². The van der Waals surface area contributed by atoms with E-state index in [-0.39, 0.29) is 41.3 Å². The fourth-order valence-electron chi connectivity index (χ4n) is 4.26. The van der Waals surface area contributed by atoms with E-state index in [0.717, 1.165) is 48.1 Å². The molecule has 8 heteroatoms. The number of carbonyl (C=O) groups excluding carboxylic acids is 2. The largest absolute Gasteiger partial charge is 0.493 e. The Balaban J connectivity index is 1.35. The van der Waals surface area contributed by atoms with Gasteiger partial charge >= 0.3 is 0 Å². The normalized spacial score (nSPS) is 17.7. The Bertz CT molecular complexity index is 1260. The summed E-state index contributed by atoms with van der Waals surface area (Å²) < 4.78 is 11.3. The van der Waals surface area contributed by atoms with Crippen molar-refractivity contribution < 1.29 is 18.8 Å². The number of Topliss-reactive ketones (excluding diaryl/α,β-unsaturated/α-hetero) is 1. The molecule has 5 rings (SSSR count). The number of nitrogens with one attached hydrogen (secondary N) is 1. The zero-order chi connectivity index (χ0) is 24.6. The molecule has 3 heterocycles. The van der Waals surface area contributed by atoms with Crippen LogP contribution in [0.4, 0.5) is 5.82 Å². The summed E-state index contributed by atoms with van der Waals surface area (Å²) >= 11 is 0. The van der Waals surface area contributed by atoms with E-state index in [4.69, 9.17) is 9.26 Å². The molecule has 2 aliphatic rings. The van der Waals surface area contributed by atoms with E-state index in [1.807, 2.05) is 51.1 Å². The van der Waals surface area contributed by atoms with Crippen LogP contribution in [0.3, 0.4) is 0 Å². The summed E-state index contributed by atoms with van der Waals surface area (Å²) in [6.45, 7) is 6.54. The lowest BCUT2D eigenvalue weighted by atomic mass is 9.88. The molecule has 1 N–H and O–H groups in total. The molecule has 1 aliphatic heterocycles. The summed E-state index contributed by atoms with van der Waals surface area (Å²) in [5, 5.41) is 6.89. The molecule has 1 aliphatic carbocycles. The Morgan fingerprint density at radius 1 is 1.09 bits per heavy atom. The van der Waals surface area contributed by atoms with E-state index in [1.165, 1.54) is 0 Å². The number of fused-ring (bicyclic) bond motifs is 1. The van der Waals surface area contributed by atoms with Crippen LogP contribution in [0.2, 0.25) is 0 Å². The van der Waals surface area contributed by atoms with Crippen molar-refractivity contribution in [2.45, 2.75) is 64.2 Å². The molecule has 0 spiro atoms. The predicted molar refractivity (Wildman–Crippen MR) is 130 cm³/mol. The number of benzene rings is 1. The average Bonchev–Trinajstić information content (AvgIpc) is 3.59. The first-order valence-corrected chi connectivity index (χ1v) is 12.2. The molecule has 1 amide bonds. The lowest BCUT2D eigenvalue weighted by Gasteiger charge is -2.16. The zero-order valence-electron chi connectivity index (χ0n) is 20.3. The third-order valence-corrected chi connectivity index (χ3v) is 6.47. The van der Waals surface area contributed by atoms with Crippen molar-refractivity contribution in [1.29, 1.82) is 0 Å². The summed E-state index contributed by atoms with van der Waals surface area (Å²) in [5.74, 6) is 1.92. The second-order valence-corrected chi connectivity index (χ2v) is 10.4. The summed E-state index contributed by atoms with van der Waals surface area (Å²) in [6.07, 6.45) is 5.57. The number of anilines is 1. The highest BCUT2D eigenvalue weighted by atomic mass is 16.5. The van der Waals surface area contributed by atoms with Crippen molar-refractivity contribution in [3.05, 3.63) is 53.8 Å². The fraction of sp³-hybridized carbons (Fsp3) is 0.444. The molecule has 2 aromatic heterocycles. The molecule has 0 radical (unpaired) electrons. The highest BCUT2D eigenvalue weighted by molar-refractivity contribution is 5.94. The minimum Gasteiger partial charge on any atom is -0.493 e. The quantitative estimate of drug-likeness (QED) is 0.483. The lowest BCUT2D eigenvalue weighted by Crippen LogP contribution is -2.14. The van der Waals surface area contributed by atoms with Crippen molar-refractivity contribution in [2.75, 3.05) is 11.9 Å². The minimum absolute atomic E-state index is 0.00451. The van der Waals surface area contributed by atoms with E-state index in [0.29, 0.717) is 18.2 Å². The van der Waals surface area contributed by atoms with Crippen LogP contribution >= 0.6 is 0 Å². The molecule has 182 valence electrons. The molecule has 1 aromatic carbocycles. The Morgan fingerprint density at radius 3 is 2.63 bits per heavy atom. The van der Waals surface area contributed by atoms with Gasteiger partial charge in [-0.05, 0) is 66.5 Å². The number of nitrogens with zero attached hydrogens (tertiary/aromatic N) is 3. The van der Waals surface area contributed by atoms with Gasteiger partial charge in [0, 0.05) is 24.0 Å². The van der Waals surface area contributed by atoms with Crippen LogP contribution in [0, 0.1) is 5.92 Å². The van der Waals surface area contributed by atoms with Crippen LogP contribution in [0.25, 0.3) is 11.1 Å². The van der Waals surface area contributed by atoms with Crippen molar-refractivity contribution in [3.8, 4) is 16.9 Å². The second kappa shape index (κ2) is 9.24. The maximum absolute atomic E-state index is 13.0. The first-order valence-electron chi connectivity index (χ1n) is 12.2. The van der Waals surface area contributed by atoms with Crippen molar-refractivity contribution in [3.63, 3.8) is 0 Å². The van der Waals surface area contributed by atoms with Gasteiger partial charge in [-0.2, -0.15) is 4.98 Å². The van der Waals surface area contributed by atoms with Gasteiger partial charge in [-0.15, -0.1) is 0 Å². The molecular weight excluding hydrogens is 444 g/mol. The van der Waals surface area contributed by atoms with Gasteiger partial charge in [0.2, 0.25) is 11.7 Å². The third kappa shape index (κ3) is 5.26. The van der Waals surface area contributed by atoms with E-state index in [9.17, 15) is 9.59 Å². The van der Waals surface area contributed by atoms with Crippen LogP contribution in [0.15, 0.2) is 41.1 Å². The summed E-state index contributed by atoms with van der Waals surface area (Å²) in [7, 11) is 0. The van der Waals surface area contributed by atoms with Gasteiger partial charge in [0.1, 0.15) is 11.6 Å². The number of carbonyl (C=O) groups is 2. The number of pyridine rings is 1. The molecule has 0 bridgehead atoms. The van der Waals surface area contributed by atoms with Crippen LogP contribution in [0.5, 0.6) is 5.75 Å². The minimum atomic E-state index is -0.283. The van der Waals surface area contributed by atoms with E-state index in [2.05, 4.69) is 20.4 Å². The highest BCUT2D eigenvalue weighted by Gasteiger charge is 2.30. The molecule has 1 fully saturated rings. The molecule has 1 unspecified atom stereocenters. The van der Waals surface area contributed by atoms with Crippen LogP contribution in [0.1, 0.15) is 80.9 Å². The van der Waals surface area contributed by atoms with Crippen molar-refractivity contribution in [2.24, 2.45) is 5.92 Å². The third-order valence-electron chi connectivity index (χ3n) is 6.47. The summed E-state index contributed by atoms with van der Waals surface area (Å²) in [6, 6.07) is 9.85. The molecule has 8 nitrogen and oxygen atoms in total. The van der Waals surface area contributed by atoms with Gasteiger partial charge in [0.25, 0.3) is 5.89 Å². The first-order chi connectivity index (χ1) is 16.8. The van der Waals surface area contributed by atoms with E-state index >= 15 is 0 Å². The number of amides is 1. The van der Waals surface area contributed by atoms with E-state index < -0.39 is 0 Å². The van der Waals surface area contributed by atoms with Gasteiger partial charge in [-0.1, -0.05) is 38.1 Å². The van der Waals surface area contributed by atoms with Gasteiger partial charge in [-0.25, -0.2) is 4.98 Å². The topological polar surface area (TPSA) is 107 Å². The van der Waals surface area contributed by atoms with Gasteiger partial charge in [0.05, 0.1) is 6.61 Å². The van der Waals surface area contributed by atoms with Gasteiger partial charge in [-0.3, -0.25) is 9.59 Å². The Hall–Kier alpha value is -3.55. The predicted octanol–water partition coefficient (Wildman–Crippen LogP) is 5.31. The van der Waals surface area contributed by atoms with Crippen molar-refractivity contribution >= 4 is 17.5 Å². The van der Waals surface area contributed by atoms with Gasteiger partial charge < -0.3 is 14.6 Å². The highest BCUT2D eigenvalue weighted by Crippen LogP contribution is 2.39. The smallest absolute Gasteiger partial charge is 0.294 e. The van der Waals surface area contributed by atoms with Crippen LogP contribution in [-0.4, -0.2) is 33.4 Å². The number of rotatable bonds is 6. The number of aromatic nitrogens is 3. The average molecular weight is 475 g/mol. The Morgan fingerprint density at radius 2 is 1.89 bits per heavy atom. The molecule has 3 aromatic rings. The van der Waals surface area contributed by atoms with E-state index in [1.54, 1.807) is 6.20 Å².